The van der Waals surface area contributed by atoms with Gasteiger partial charge in [-0.2, -0.15) is 0 Å². The third-order valence-corrected chi connectivity index (χ3v) is 6.41. The smallest absolute Gasteiger partial charge is 0.304 e. The Kier molecular flexibility index (Phi) is 6.95. The first-order chi connectivity index (χ1) is 17.5. The van der Waals surface area contributed by atoms with Crippen LogP contribution in [0.2, 0.25) is 0 Å². The summed E-state index contributed by atoms with van der Waals surface area (Å²) < 4.78 is 43.4. The highest BCUT2D eigenvalue weighted by molar-refractivity contribution is 5.68. The zero-order valence-electron chi connectivity index (χ0n) is 19.9. The minimum atomic E-state index is -0.862. The summed E-state index contributed by atoms with van der Waals surface area (Å²) in [5, 5.41) is 9.09. The zero-order chi connectivity index (χ0) is 25.1. The van der Waals surface area contributed by atoms with E-state index in [-0.39, 0.29) is 18.2 Å². The molecule has 1 aliphatic heterocycles. The number of benzene rings is 3. The quantitative estimate of drug-likeness (QED) is 0.364. The fraction of sp³-hybridized carbons (Fsp3) is 0.321. The molecule has 0 unspecified atom stereocenters. The van der Waals surface area contributed by atoms with Crippen molar-refractivity contribution in [3.63, 3.8) is 0 Å². The van der Waals surface area contributed by atoms with Crippen molar-refractivity contribution < 1.29 is 38.0 Å². The Labute approximate surface area is 208 Å². The number of hydrogen-bond acceptors (Lipinski definition) is 6. The zero-order valence-corrected chi connectivity index (χ0v) is 19.9. The molecule has 0 radical (unpaired) electrons. The number of methoxy groups -OCH3 is 1. The normalized spacial score (nSPS) is 17.7. The molecule has 3 aromatic rings. The highest BCUT2D eigenvalue weighted by Gasteiger charge is 2.32. The van der Waals surface area contributed by atoms with Crippen molar-refractivity contribution >= 4 is 5.97 Å². The summed E-state index contributed by atoms with van der Waals surface area (Å²) in [5.41, 5.74) is 2.14. The van der Waals surface area contributed by atoms with Crippen LogP contribution in [-0.2, 0) is 16.0 Å². The van der Waals surface area contributed by atoms with E-state index in [9.17, 15) is 9.18 Å². The van der Waals surface area contributed by atoms with E-state index in [4.69, 9.17) is 28.8 Å². The van der Waals surface area contributed by atoms with Crippen molar-refractivity contribution in [1.29, 1.82) is 0 Å². The van der Waals surface area contributed by atoms with E-state index in [1.165, 1.54) is 6.07 Å². The van der Waals surface area contributed by atoms with Gasteiger partial charge in [-0.1, -0.05) is 6.07 Å². The Balaban J connectivity index is 1.30. The number of carbonyl (C=O) groups is 1. The van der Waals surface area contributed by atoms with Crippen molar-refractivity contribution in [2.75, 3.05) is 26.9 Å². The Bertz CT molecular complexity index is 1240. The predicted molar refractivity (Wildman–Crippen MR) is 129 cm³/mol. The van der Waals surface area contributed by atoms with Gasteiger partial charge in [0.25, 0.3) is 0 Å². The van der Waals surface area contributed by atoms with Crippen molar-refractivity contribution in [1.82, 2.24) is 0 Å². The molecule has 0 saturated carbocycles. The third kappa shape index (κ3) is 5.09. The maximum atomic E-state index is 14.9. The second-order valence-electron chi connectivity index (χ2n) is 8.80. The lowest BCUT2D eigenvalue weighted by atomic mass is 9.98. The van der Waals surface area contributed by atoms with E-state index in [2.05, 4.69) is 0 Å². The number of carboxylic acids is 1. The van der Waals surface area contributed by atoms with Crippen molar-refractivity contribution in [3.05, 3.63) is 77.1 Å². The molecule has 0 amide bonds. The highest BCUT2D eigenvalue weighted by Crippen LogP contribution is 2.44. The fourth-order valence-corrected chi connectivity index (χ4v) is 4.70. The monoisotopic (exact) mass is 494 g/mol. The molecular weight excluding hydrogens is 467 g/mol. The van der Waals surface area contributed by atoms with E-state index in [0.29, 0.717) is 67.0 Å². The Morgan fingerprint density at radius 3 is 2.61 bits per heavy atom. The van der Waals surface area contributed by atoms with Crippen LogP contribution in [0, 0.1) is 5.82 Å². The predicted octanol–water partition coefficient (Wildman–Crippen LogP) is 5.66. The standard InChI is InChI=1S/C28H27FO7/c1-32-12-13-33-18-2-4-19(5-3-18)35-24-11-9-23(29)28-22(24)8-10-25(28)36-20-6-7-21-17(14-27(30)31)16-34-26(21)15-20/h2-7,9,11,15,17,25H,8,10,12-14,16H2,1H3,(H,30,31)/t17-,25-/m1/s1. The average Bonchev–Trinajstić information content (AvgIpc) is 3.47. The Morgan fingerprint density at radius 1 is 1.06 bits per heavy atom. The van der Waals surface area contributed by atoms with Gasteiger partial charge in [-0.25, -0.2) is 4.39 Å². The summed E-state index contributed by atoms with van der Waals surface area (Å²) >= 11 is 0. The second-order valence-corrected chi connectivity index (χ2v) is 8.80. The Morgan fingerprint density at radius 2 is 1.83 bits per heavy atom. The summed E-state index contributed by atoms with van der Waals surface area (Å²) in [4.78, 5) is 11.1. The maximum absolute atomic E-state index is 14.9. The van der Waals surface area contributed by atoms with Crippen LogP contribution in [-0.4, -0.2) is 38.0 Å². The maximum Gasteiger partial charge on any atom is 0.304 e. The van der Waals surface area contributed by atoms with Crippen LogP contribution < -0.4 is 18.9 Å². The molecule has 8 heteroatoms. The van der Waals surface area contributed by atoms with Gasteiger partial charge < -0.3 is 28.8 Å². The molecule has 3 aromatic carbocycles. The summed E-state index contributed by atoms with van der Waals surface area (Å²) in [5.74, 6) is 1.73. The van der Waals surface area contributed by atoms with Gasteiger partial charge in [0.1, 0.15) is 47.3 Å². The molecule has 0 aromatic heterocycles. The van der Waals surface area contributed by atoms with Crippen LogP contribution >= 0.6 is 0 Å². The lowest BCUT2D eigenvalue weighted by molar-refractivity contribution is -0.137. The fourth-order valence-electron chi connectivity index (χ4n) is 4.70. The topological polar surface area (TPSA) is 83.5 Å². The first kappa shape index (κ1) is 23.9. The van der Waals surface area contributed by atoms with E-state index >= 15 is 0 Å². The van der Waals surface area contributed by atoms with Crippen LogP contribution in [0.1, 0.15) is 41.6 Å². The van der Waals surface area contributed by atoms with Crippen LogP contribution in [0.15, 0.2) is 54.6 Å². The lowest BCUT2D eigenvalue weighted by Crippen LogP contribution is -2.07. The summed E-state index contributed by atoms with van der Waals surface area (Å²) in [6.45, 7) is 1.29. The molecule has 0 spiro atoms. The van der Waals surface area contributed by atoms with Crippen molar-refractivity contribution in [2.45, 2.75) is 31.3 Å². The molecule has 1 N–H and O–H groups in total. The van der Waals surface area contributed by atoms with Gasteiger partial charge in [0, 0.05) is 35.8 Å². The van der Waals surface area contributed by atoms with Crippen molar-refractivity contribution in [3.8, 4) is 28.7 Å². The van der Waals surface area contributed by atoms with E-state index in [1.807, 2.05) is 30.3 Å². The van der Waals surface area contributed by atoms with E-state index < -0.39 is 12.1 Å². The number of ether oxygens (including phenoxy) is 5. The Hall–Kier alpha value is -3.78. The first-order valence-electron chi connectivity index (χ1n) is 11.9. The van der Waals surface area contributed by atoms with Gasteiger partial charge in [-0.05, 0) is 55.3 Å². The molecule has 5 rings (SSSR count). The molecule has 7 nitrogen and oxygen atoms in total. The minimum Gasteiger partial charge on any atom is -0.492 e. The van der Waals surface area contributed by atoms with Gasteiger partial charge in [0.2, 0.25) is 0 Å². The molecule has 0 bridgehead atoms. The van der Waals surface area contributed by atoms with Crippen LogP contribution in [0.5, 0.6) is 28.7 Å². The number of fused-ring (bicyclic) bond motifs is 2. The van der Waals surface area contributed by atoms with E-state index in [1.54, 1.807) is 25.3 Å². The van der Waals surface area contributed by atoms with Crippen LogP contribution in [0.3, 0.4) is 0 Å². The summed E-state index contributed by atoms with van der Waals surface area (Å²) in [6.07, 6.45) is 0.779. The number of halogens is 1. The van der Waals surface area contributed by atoms with Gasteiger partial charge in [-0.15, -0.1) is 0 Å². The molecule has 2 aliphatic rings. The number of aliphatic carboxylic acids is 1. The van der Waals surface area contributed by atoms with Crippen molar-refractivity contribution in [2.24, 2.45) is 0 Å². The molecule has 36 heavy (non-hydrogen) atoms. The van der Waals surface area contributed by atoms with Gasteiger partial charge >= 0.3 is 5.97 Å². The third-order valence-electron chi connectivity index (χ3n) is 6.41. The number of hydrogen-bond donors (Lipinski definition) is 1. The summed E-state index contributed by atoms with van der Waals surface area (Å²) in [7, 11) is 1.62. The number of carboxylic acid groups (broad SMARTS) is 1. The van der Waals surface area contributed by atoms with Crippen LogP contribution in [0.25, 0.3) is 0 Å². The van der Waals surface area contributed by atoms with Gasteiger partial charge in [-0.3, -0.25) is 4.79 Å². The van der Waals surface area contributed by atoms with E-state index in [0.717, 1.165) is 11.1 Å². The average molecular weight is 495 g/mol. The molecule has 1 heterocycles. The molecule has 188 valence electrons. The molecular formula is C28H27FO7. The number of rotatable bonds is 10. The summed E-state index contributed by atoms with van der Waals surface area (Å²) in [6, 6.07) is 15.7. The molecule has 0 fully saturated rings. The highest BCUT2D eigenvalue weighted by atomic mass is 19.1. The molecule has 0 saturated heterocycles. The second kappa shape index (κ2) is 10.5. The van der Waals surface area contributed by atoms with Crippen LogP contribution in [0.4, 0.5) is 4.39 Å². The lowest BCUT2D eigenvalue weighted by Gasteiger charge is -2.17. The minimum absolute atomic E-state index is 0.0146. The van der Waals surface area contributed by atoms with Gasteiger partial charge in [0.15, 0.2) is 0 Å². The first-order valence-corrected chi connectivity index (χ1v) is 11.9. The SMILES string of the molecule is COCCOc1ccc(Oc2ccc(F)c3c2CC[C@H]3Oc2ccc3c(c2)OC[C@H]3CC(=O)O)cc1. The van der Waals surface area contributed by atoms with Gasteiger partial charge in [0.05, 0.1) is 19.6 Å². The largest absolute Gasteiger partial charge is 0.492 e. The molecule has 2 atom stereocenters. The molecule has 1 aliphatic carbocycles.